The summed E-state index contributed by atoms with van der Waals surface area (Å²) in [5.41, 5.74) is 2.93. The lowest BCUT2D eigenvalue weighted by molar-refractivity contribution is 0.380. The molecular weight excluding hydrogens is 224 g/mol. The second kappa shape index (κ2) is 4.90. The van der Waals surface area contributed by atoms with Crippen molar-refractivity contribution in [2.24, 2.45) is 0 Å². The first-order chi connectivity index (χ1) is 8.76. The smallest absolute Gasteiger partial charge is 0.119 e. The average molecular weight is 246 g/mol. The number of aryl methyl sites for hydroxylation is 1. The van der Waals surface area contributed by atoms with Gasteiger partial charge in [0.2, 0.25) is 0 Å². The van der Waals surface area contributed by atoms with E-state index in [9.17, 15) is 0 Å². The van der Waals surface area contributed by atoms with Gasteiger partial charge < -0.3 is 15.0 Å². The molecule has 2 aliphatic rings. The summed E-state index contributed by atoms with van der Waals surface area (Å²) in [6.07, 6.45) is 3.69. The molecule has 1 N–H and O–H groups in total. The van der Waals surface area contributed by atoms with Crippen molar-refractivity contribution in [1.82, 2.24) is 10.2 Å². The highest BCUT2D eigenvalue weighted by Crippen LogP contribution is 2.34. The van der Waals surface area contributed by atoms with Crippen LogP contribution in [0.4, 0.5) is 0 Å². The molecule has 3 rings (SSSR count). The Morgan fingerprint density at radius 1 is 1.33 bits per heavy atom. The molecule has 0 radical (unpaired) electrons. The molecule has 1 aromatic carbocycles. The van der Waals surface area contributed by atoms with Crippen molar-refractivity contribution >= 4 is 0 Å². The summed E-state index contributed by atoms with van der Waals surface area (Å²) in [6, 6.07) is 7.67. The van der Waals surface area contributed by atoms with Gasteiger partial charge in [0.15, 0.2) is 0 Å². The molecule has 0 amide bonds. The number of benzene rings is 1. The Kier molecular flexibility index (Phi) is 3.27. The van der Waals surface area contributed by atoms with E-state index < -0.39 is 0 Å². The van der Waals surface area contributed by atoms with Gasteiger partial charge in [-0.05, 0) is 56.1 Å². The Morgan fingerprint density at radius 2 is 2.22 bits per heavy atom. The summed E-state index contributed by atoms with van der Waals surface area (Å²) < 4.78 is 5.34. The lowest BCUT2D eigenvalue weighted by Gasteiger charge is -2.20. The molecule has 1 saturated heterocycles. The van der Waals surface area contributed by atoms with E-state index >= 15 is 0 Å². The third-order valence-corrected chi connectivity index (χ3v) is 4.26. The minimum absolute atomic E-state index is 0.520. The van der Waals surface area contributed by atoms with Gasteiger partial charge >= 0.3 is 0 Å². The predicted molar refractivity (Wildman–Crippen MR) is 73.1 cm³/mol. The maximum Gasteiger partial charge on any atom is 0.119 e. The van der Waals surface area contributed by atoms with Gasteiger partial charge in [-0.15, -0.1) is 0 Å². The zero-order valence-electron chi connectivity index (χ0n) is 11.3. The number of nitrogens with zero attached hydrogens (tertiary/aromatic N) is 1. The Bertz CT molecular complexity index is 433. The average Bonchev–Trinajstić information content (AvgIpc) is 2.96. The van der Waals surface area contributed by atoms with Crippen LogP contribution >= 0.6 is 0 Å². The number of nitrogens with one attached hydrogen (secondary N) is 1. The number of methoxy groups -OCH3 is 1. The molecule has 0 aromatic heterocycles. The van der Waals surface area contributed by atoms with Crippen molar-refractivity contribution < 1.29 is 4.74 Å². The first kappa shape index (κ1) is 12.0. The molecule has 3 heteroatoms. The molecule has 0 spiro atoms. The molecule has 2 atom stereocenters. The van der Waals surface area contributed by atoms with E-state index in [-0.39, 0.29) is 0 Å². The summed E-state index contributed by atoms with van der Waals surface area (Å²) >= 11 is 0. The first-order valence-electron chi connectivity index (χ1n) is 6.87. The molecule has 1 fully saturated rings. The van der Waals surface area contributed by atoms with Crippen molar-refractivity contribution in [2.75, 3.05) is 27.2 Å². The molecule has 3 nitrogen and oxygen atoms in total. The van der Waals surface area contributed by atoms with Crippen LogP contribution in [-0.2, 0) is 6.42 Å². The van der Waals surface area contributed by atoms with Crippen LogP contribution in [0.1, 0.15) is 30.0 Å². The Balaban J connectivity index is 1.73. The molecule has 18 heavy (non-hydrogen) atoms. The summed E-state index contributed by atoms with van der Waals surface area (Å²) in [5, 5.41) is 3.82. The normalized spacial score (nSPS) is 27.4. The highest BCUT2D eigenvalue weighted by Gasteiger charge is 2.27. The summed E-state index contributed by atoms with van der Waals surface area (Å²) in [7, 11) is 3.94. The third kappa shape index (κ3) is 2.25. The molecule has 0 bridgehead atoms. The van der Waals surface area contributed by atoms with E-state index in [1.165, 1.54) is 43.5 Å². The minimum atomic E-state index is 0.520. The summed E-state index contributed by atoms with van der Waals surface area (Å²) in [4.78, 5) is 2.40. The third-order valence-electron chi connectivity index (χ3n) is 4.26. The number of ether oxygens (including phenoxy) is 1. The van der Waals surface area contributed by atoms with Crippen molar-refractivity contribution in [3.05, 3.63) is 29.3 Å². The second-order valence-electron chi connectivity index (χ2n) is 5.57. The quantitative estimate of drug-likeness (QED) is 0.882. The topological polar surface area (TPSA) is 24.5 Å². The van der Waals surface area contributed by atoms with Crippen molar-refractivity contribution in [3.8, 4) is 5.75 Å². The Labute approximate surface area is 109 Å². The van der Waals surface area contributed by atoms with E-state index in [1.54, 1.807) is 7.11 Å². The zero-order valence-corrected chi connectivity index (χ0v) is 11.3. The number of rotatable bonds is 3. The molecule has 98 valence electrons. The van der Waals surface area contributed by atoms with Crippen LogP contribution in [0.25, 0.3) is 0 Å². The van der Waals surface area contributed by atoms with Gasteiger partial charge in [-0.25, -0.2) is 0 Å². The van der Waals surface area contributed by atoms with Crippen molar-refractivity contribution in [1.29, 1.82) is 0 Å². The van der Waals surface area contributed by atoms with E-state index in [0.29, 0.717) is 12.1 Å². The molecule has 1 aliphatic carbocycles. The molecule has 2 unspecified atom stereocenters. The van der Waals surface area contributed by atoms with Crippen LogP contribution in [0.2, 0.25) is 0 Å². The zero-order chi connectivity index (χ0) is 12.5. The monoisotopic (exact) mass is 246 g/mol. The highest BCUT2D eigenvalue weighted by atomic mass is 16.5. The Morgan fingerprint density at radius 3 is 2.94 bits per heavy atom. The van der Waals surface area contributed by atoms with Gasteiger partial charge in [-0.1, -0.05) is 6.07 Å². The summed E-state index contributed by atoms with van der Waals surface area (Å²) in [5.74, 6) is 0.978. The van der Waals surface area contributed by atoms with E-state index in [2.05, 4.69) is 35.5 Å². The van der Waals surface area contributed by atoms with Gasteiger partial charge in [0.25, 0.3) is 0 Å². The fraction of sp³-hybridized carbons (Fsp3) is 0.600. The SMILES string of the molecule is COc1ccc2c(c1)C(NC1CCN(C)C1)CC2. The molecule has 1 aromatic rings. The van der Waals surface area contributed by atoms with Crippen LogP contribution in [0.3, 0.4) is 0 Å². The van der Waals surface area contributed by atoms with E-state index in [1.807, 2.05) is 0 Å². The fourth-order valence-electron chi connectivity index (χ4n) is 3.24. The number of fused-ring (bicyclic) bond motifs is 1. The van der Waals surface area contributed by atoms with Gasteiger partial charge in [0, 0.05) is 18.6 Å². The van der Waals surface area contributed by atoms with Gasteiger partial charge in [0.05, 0.1) is 7.11 Å². The van der Waals surface area contributed by atoms with Gasteiger partial charge in [-0.3, -0.25) is 0 Å². The largest absolute Gasteiger partial charge is 0.497 e. The Hall–Kier alpha value is -1.06. The van der Waals surface area contributed by atoms with Crippen LogP contribution in [0, 0.1) is 0 Å². The number of hydrogen-bond acceptors (Lipinski definition) is 3. The molecule has 1 heterocycles. The number of likely N-dealkylation sites (tertiary alicyclic amines) is 1. The lowest BCUT2D eigenvalue weighted by Crippen LogP contribution is -2.33. The maximum atomic E-state index is 5.34. The molecular formula is C15H22N2O. The minimum Gasteiger partial charge on any atom is -0.497 e. The molecule has 1 aliphatic heterocycles. The number of hydrogen-bond donors (Lipinski definition) is 1. The maximum absolute atomic E-state index is 5.34. The van der Waals surface area contributed by atoms with Gasteiger partial charge in [0.1, 0.15) is 5.75 Å². The van der Waals surface area contributed by atoms with Crippen LogP contribution in [0.15, 0.2) is 18.2 Å². The standard InChI is InChI=1S/C15H22N2O/c1-17-8-7-12(10-17)16-15-6-4-11-3-5-13(18-2)9-14(11)15/h3,5,9,12,15-16H,4,6-8,10H2,1-2H3. The summed E-state index contributed by atoms with van der Waals surface area (Å²) in [6.45, 7) is 2.39. The fourth-order valence-corrected chi connectivity index (χ4v) is 3.24. The van der Waals surface area contributed by atoms with Gasteiger partial charge in [-0.2, -0.15) is 0 Å². The second-order valence-corrected chi connectivity index (χ2v) is 5.57. The van der Waals surface area contributed by atoms with Crippen molar-refractivity contribution in [3.63, 3.8) is 0 Å². The van der Waals surface area contributed by atoms with E-state index in [4.69, 9.17) is 4.74 Å². The number of likely N-dealkylation sites (N-methyl/N-ethyl adjacent to an activating group) is 1. The van der Waals surface area contributed by atoms with Crippen LogP contribution in [0.5, 0.6) is 5.75 Å². The van der Waals surface area contributed by atoms with Crippen LogP contribution in [-0.4, -0.2) is 38.2 Å². The van der Waals surface area contributed by atoms with Crippen molar-refractivity contribution in [2.45, 2.75) is 31.3 Å². The lowest BCUT2D eigenvalue weighted by atomic mass is 10.1. The predicted octanol–water partition coefficient (Wildman–Crippen LogP) is 1.98. The molecule has 0 saturated carbocycles. The van der Waals surface area contributed by atoms with Crippen LogP contribution < -0.4 is 10.1 Å². The first-order valence-corrected chi connectivity index (χ1v) is 6.87. The highest BCUT2D eigenvalue weighted by molar-refractivity contribution is 5.40. The van der Waals surface area contributed by atoms with E-state index in [0.717, 1.165) is 5.75 Å².